The van der Waals surface area contributed by atoms with Gasteiger partial charge in [-0.15, -0.1) is 21.5 Å². The highest BCUT2D eigenvalue weighted by atomic mass is 32.2. The standard InChI is InChI=1S/C14H19N3O4S2/c1-23(18,19)17-7-8-20-12(10-17)14-16-15-13(21-14)6-2-4-11-5-3-9-22-11/h3,5,9,12H,2,4,6-8,10H2,1H3/t12-/m0/s1. The molecule has 0 N–H and O–H groups in total. The predicted molar refractivity (Wildman–Crippen MR) is 85.8 cm³/mol. The van der Waals surface area contributed by atoms with Crippen molar-refractivity contribution in [2.75, 3.05) is 26.0 Å². The third kappa shape index (κ3) is 4.37. The molecule has 2 aromatic rings. The molecule has 0 amide bonds. The highest BCUT2D eigenvalue weighted by Gasteiger charge is 2.30. The minimum atomic E-state index is -3.23. The molecule has 1 saturated heterocycles. The molecule has 0 bridgehead atoms. The largest absolute Gasteiger partial charge is 0.422 e. The summed E-state index contributed by atoms with van der Waals surface area (Å²) in [7, 11) is -3.23. The first-order chi connectivity index (χ1) is 11.0. The van der Waals surface area contributed by atoms with E-state index in [9.17, 15) is 8.42 Å². The van der Waals surface area contributed by atoms with E-state index in [0.29, 0.717) is 31.4 Å². The van der Waals surface area contributed by atoms with Crippen molar-refractivity contribution in [3.05, 3.63) is 34.2 Å². The molecular weight excluding hydrogens is 338 g/mol. The average Bonchev–Trinajstić information content (AvgIpc) is 3.18. The van der Waals surface area contributed by atoms with E-state index in [0.717, 1.165) is 12.8 Å². The van der Waals surface area contributed by atoms with Crippen molar-refractivity contribution >= 4 is 21.4 Å². The lowest BCUT2D eigenvalue weighted by Crippen LogP contribution is -2.41. The Balaban J connectivity index is 1.56. The topological polar surface area (TPSA) is 85.5 Å². The van der Waals surface area contributed by atoms with Crippen molar-refractivity contribution in [3.63, 3.8) is 0 Å². The molecule has 1 fully saturated rings. The number of ether oxygens (including phenoxy) is 1. The SMILES string of the molecule is CS(=O)(=O)N1CCO[C@H](c2nnc(CCCc3cccs3)o2)C1. The third-order valence-corrected chi connectivity index (χ3v) is 5.86. The van der Waals surface area contributed by atoms with Gasteiger partial charge in [0.25, 0.3) is 0 Å². The summed E-state index contributed by atoms with van der Waals surface area (Å²) in [5.74, 6) is 0.918. The van der Waals surface area contributed by atoms with E-state index in [-0.39, 0.29) is 6.54 Å². The van der Waals surface area contributed by atoms with Crippen LogP contribution in [0.25, 0.3) is 0 Å². The van der Waals surface area contributed by atoms with Crippen LogP contribution < -0.4 is 0 Å². The van der Waals surface area contributed by atoms with Gasteiger partial charge < -0.3 is 9.15 Å². The lowest BCUT2D eigenvalue weighted by molar-refractivity contribution is -0.0176. The Labute approximate surface area is 139 Å². The molecule has 7 nitrogen and oxygen atoms in total. The minimum Gasteiger partial charge on any atom is -0.422 e. The monoisotopic (exact) mass is 357 g/mol. The number of hydrogen-bond acceptors (Lipinski definition) is 7. The number of nitrogens with zero attached hydrogens (tertiary/aromatic N) is 3. The number of morpholine rings is 1. The normalized spacial score (nSPS) is 20.0. The summed E-state index contributed by atoms with van der Waals surface area (Å²) in [4.78, 5) is 1.34. The molecule has 2 aromatic heterocycles. The molecule has 0 radical (unpaired) electrons. The number of sulfonamides is 1. The van der Waals surface area contributed by atoms with Gasteiger partial charge in [0, 0.05) is 24.4 Å². The van der Waals surface area contributed by atoms with E-state index >= 15 is 0 Å². The molecule has 23 heavy (non-hydrogen) atoms. The van der Waals surface area contributed by atoms with Gasteiger partial charge in [-0.05, 0) is 24.3 Å². The Morgan fingerprint density at radius 2 is 2.26 bits per heavy atom. The molecule has 1 aliphatic heterocycles. The van der Waals surface area contributed by atoms with Crippen LogP contribution in [0, 0.1) is 0 Å². The van der Waals surface area contributed by atoms with Gasteiger partial charge in [-0.3, -0.25) is 0 Å². The van der Waals surface area contributed by atoms with Gasteiger partial charge in [0.2, 0.25) is 21.8 Å². The van der Waals surface area contributed by atoms with Crippen LogP contribution in [0.1, 0.15) is 29.2 Å². The summed E-state index contributed by atoms with van der Waals surface area (Å²) in [6, 6.07) is 4.15. The van der Waals surface area contributed by atoms with Gasteiger partial charge in [0.1, 0.15) is 6.10 Å². The fraction of sp³-hybridized carbons (Fsp3) is 0.571. The summed E-state index contributed by atoms with van der Waals surface area (Å²) >= 11 is 1.74. The van der Waals surface area contributed by atoms with E-state index in [1.165, 1.54) is 15.4 Å². The van der Waals surface area contributed by atoms with E-state index in [2.05, 4.69) is 21.6 Å². The van der Waals surface area contributed by atoms with Gasteiger partial charge in [0.05, 0.1) is 12.9 Å². The van der Waals surface area contributed by atoms with Crippen molar-refractivity contribution in [2.24, 2.45) is 0 Å². The maximum absolute atomic E-state index is 11.6. The smallest absolute Gasteiger partial charge is 0.246 e. The molecule has 1 aliphatic rings. The quantitative estimate of drug-likeness (QED) is 0.781. The minimum absolute atomic E-state index is 0.218. The second kappa shape index (κ2) is 7.08. The average molecular weight is 357 g/mol. The van der Waals surface area contributed by atoms with E-state index in [4.69, 9.17) is 9.15 Å². The molecular formula is C14H19N3O4S2. The Bertz CT molecular complexity index is 727. The highest BCUT2D eigenvalue weighted by molar-refractivity contribution is 7.88. The summed E-state index contributed by atoms with van der Waals surface area (Å²) in [6.07, 6.45) is 3.32. The molecule has 0 aliphatic carbocycles. The van der Waals surface area contributed by atoms with Crippen LogP contribution in [0.2, 0.25) is 0 Å². The molecule has 0 saturated carbocycles. The zero-order chi connectivity index (χ0) is 16.3. The van der Waals surface area contributed by atoms with Crippen LogP contribution in [-0.2, 0) is 27.6 Å². The second-order valence-corrected chi connectivity index (χ2v) is 8.46. The Morgan fingerprint density at radius 3 is 3.00 bits per heavy atom. The van der Waals surface area contributed by atoms with E-state index in [1.807, 2.05) is 6.07 Å². The van der Waals surface area contributed by atoms with Crippen LogP contribution in [0.5, 0.6) is 0 Å². The van der Waals surface area contributed by atoms with Gasteiger partial charge >= 0.3 is 0 Å². The summed E-state index contributed by atoms with van der Waals surface area (Å²) in [6.45, 7) is 0.903. The summed E-state index contributed by atoms with van der Waals surface area (Å²) in [5, 5.41) is 10.1. The Morgan fingerprint density at radius 1 is 1.39 bits per heavy atom. The first-order valence-corrected chi connectivity index (χ1v) is 10.2. The molecule has 0 spiro atoms. The number of aromatic nitrogens is 2. The molecule has 9 heteroatoms. The highest BCUT2D eigenvalue weighted by Crippen LogP contribution is 2.23. The molecule has 1 atom stereocenters. The van der Waals surface area contributed by atoms with Crippen LogP contribution >= 0.6 is 11.3 Å². The van der Waals surface area contributed by atoms with E-state index in [1.54, 1.807) is 11.3 Å². The van der Waals surface area contributed by atoms with Gasteiger partial charge in [-0.1, -0.05) is 6.07 Å². The van der Waals surface area contributed by atoms with Crippen molar-refractivity contribution in [2.45, 2.75) is 25.4 Å². The van der Waals surface area contributed by atoms with Crippen LogP contribution in [0.15, 0.2) is 21.9 Å². The fourth-order valence-corrected chi connectivity index (χ4v) is 4.01. The first-order valence-electron chi connectivity index (χ1n) is 7.44. The summed E-state index contributed by atoms with van der Waals surface area (Å²) in [5.41, 5.74) is 0. The predicted octanol–water partition coefficient (Wildman–Crippen LogP) is 1.64. The molecule has 3 heterocycles. The number of aryl methyl sites for hydroxylation is 2. The first kappa shape index (κ1) is 16.6. The lowest BCUT2D eigenvalue weighted by atomic mass is 10.2. The van der Waals surface area contributed by atoms with Gasteiger partial charge in [-0.2, -0.15) is 4.31 Å². The maximum Gasteiger partial charge on any atom is 0.246 e. The maximum atomic E-state index is 11.6. The Hall–Kier alpha value is -1.29. The van der Waals surface area contributed by atoms with Crippen molar-refractivity contribution in [1.29, 1.82) is 0 Å². The van der Waals surface area contributed by atoms with Crippen molar-refractivity contribution in [3.8, 4) is 0 Å². The zero-order valence-electron chi connectivity index (χ0n) is 12.8. The molecule has 0 aromatic carbocycles. The van der Waals surface area contributed by atoms with Crippen LogP contribution in [0.4, 0.5) is 0 Å². The number of rotatable bonds is 6. The molecule has 3 rings (SSSR count). The Kier molecular flexibility index (Phi) is 5.10. The number of thiophene rings is 1. The lowest BCUT2D eigenvalue weighted by Gasteiger charge is -2.29. The molecule has 0 unspecified atom stereocenters. The van der Waals surface area contributed by atoms with Crippen molar-refractivity contribution < 1.29 is 17.6 Å². The van der Waals surface area contributed by atoms with Crippen LogP contribution in [-0.4, -0.2) is 48.9 Å². The van der Waals surface area contributed by atoms with E-state index < -0.39 is 16.1 Å². The number of hydrogen-bond donors (Lipinski definition) is 0. The van der Waals surface area contributed by atoms with Gasteiger partial charge in [0.15, 0.2) is 0 Å². The van der Waals surface area contributed by atoms with Gasteiger partial charge in [-0.25, -0.2) is 8.42 Å². The zero-order valence-corrected chi connectivity index (χ0v) is 14.5. The summed E-state index contributed by atoms with van der Waals surface area (Å²) < 4.78 is 35.8. The van der Waals surface area contributed by atoms with Crippen LogP contribution in [0.3, 0.4) is 0 Å². The molecule has 126 valence electrons. The third-order valence-electron chi connectivity index (χ3n) is 3.65. The van der Waals surface area contributed by atoms with Crippen molar-refractivity contribution in [1.82, 2.24) is 14.5 Å². The second-order valence-electron chi connectivity index (χ2n) is 5.45. The fourth-order valence-electron chi connectivity index (χ4n) is 2.44.